The molecule has 0 spiro atoms. The fourth-order valence-corrected chi connectivity index (χ4v) is 6.08. The predicted molar refractivity (Wildman–Crippen MR) is 141 cm³/mol. The van der Waals surface area contributed by atoms with Crippen LogP contribution in [0.4, 0.5) is 0 Å². The van der Waals surface area contributed by atoms with Crippen molar-refractivity contribution < 1.29 is 22.7 Å². The van der Waals surface area contributed by atoms with E-state index in [1.807, 2.05) is 58.9 Å². The Morgan fingerprint density at radius 1 is 1.06 bits per heavy atom. The molecule has 0 aliphatic rings. The molecule has 188 valence electrons. The van der Waals surface area contributed by atoms with Crippen LogP contribution in [0.1, 0.15) is 54.7 Å². The summed E-state index contributed by atoms with van der Waals surface area (Å²) in [5.41, 5.74) is 5.19. The number of ether oxygens (including phenoxy) is 2. The van der Waals surface area contributed by atoms with E-state index in [-0.39, 0.29) is 5.97 Å². The van der Waals surface area contributed by atoms with Crippen molar-refractivity contribution in [3.05, 3.63) is 94.1 Å². The molecule has 0 bridgehead atoms. The van der Waals surface area contributed by atoms with Gasteiger partial charge in [0.2, 0.25) is 0 Å². The zero-order chi connectivity index (χ0) is 26.2. The van der Waals surface area contributed by atoms with Gasteiger partial charge in [-0.05, 0) is 94.0 Å². The van der Waals surface area contributed by atoms with Gasteiger partial charge >= 0.3 is 5.97 Å². The molecule has 0 aliphatic carbocycles. The smallest absolute Gasteiger partial charge is 0.330 e. The van der Waals surface area contributed by atoms with Crippen LogP contribution < -0.4 is 4.74 Å². The van der Waals surface area contributed by atoms with E-state index < -0.39 is 15.1 Å². The van der Waals surface area contributed by atoms with Crippen molar-refractivity contribution in [1.82, 2.24) is 0 Å². The Morgan fingerprint density at radius 3 is 2.31 bits per heavy atom. The molecule has 2 aromatic rings. The van der Waals surface area contributed by atoms with E-state index in [2.05, 4.69) is 0 Å². The quantitative estimate of drug-likeness (QED) is 0.212. The molecular weight excluding hydrogens is 460 g/mol. The van der Waals surface area contributed by atoms with E-state index in [4.69, 9.17) is 9.47 Å². The Labute approximate surface area is 210 Å². The fourth-order valence-electron chi connectivity index (χ4n) is 4.06. The van der Waals surface area contributed by atoms with Gasteiger partial charge in [-0.15, -0.1) is 0 Å². The lowest BCUT2D eigenvalue weighted by atomic mass is 9.92. The van der Waals surface area contributed by atoms with Gasteiger partial charge in [0, 0.05) is 6.08 Å². The molecule has 0 radical (unpaired) electrons. The summed E-state index contributed by atoms with van der Waals surface area (Å²) in [6, 6.07) is 10.5. The van der Waals surface area contributed by atoms with Gasteiger partial charge in [-0.3, -0.25) is 0 Å². The lowest BCUT2D eigenvalue weighted by Gasteiger charge is -2.25. The summed E-state index contributed by atoms with van der Waals surface area (Å²) in [6.45, 7) is 11.7. The van der Waals surface area contributed by atoms with Gasteiger partial charge in [-0.25, -0.2) is 13.2 Å². The Balaban J connectivity index is 2.51. The highest BCUT2D eigenvalue weighted by molar-refractivity contribution is 7.91. The Morgan fingerprint density at radius 2 is 1.71 bits per heavy atom. The summed E-state index contributed by atoms with van der Waals surface area (Å²) in [6.07, 6.45) is 7.27. The van der Waals surface area contributed by atoms with Crippen molar-refractivity contribution >= 4 is 15.8 Å². The summed E-state index contributed by atoms with van der Waals surface area (Å²) >= 11 is 0. The van der Waals surface area contributed by atoms with Gasteiger partial charge in [0.25, 0.3) is 0 Å². The first-order chi connectivity index (χ1) is 16.5. The number of sulfone groups is 1. The van der Waals surface area contributed by atoms with Gasteiger partial charge in [0.15, 0.2) is 9.84 Å². The minimum atomic E-state index is -3.67. The van der Waals surface area contributed by atoms with Crippen LogP contribution in [0.2, 0.25) is 0 Å². The first-order valence-corrected chi connectivity index (χ1v) is 13.2. The molecule has 0 aromatic heterocycles. The number of hydrogen-bond acceptors (Lipinski definition) is 5. The largest absolute Gasteiger partial charge is 0.496 e. The first kappa shape index (κ1) is 28.1. The molecular formula is C29H36O5S. The maximum Gasteiger partial charge on any atom is 0.330 e. The van der Waals surface area contributed by atoms with Gasteiger partial charge < -0.3 is 9.47 Å². The molecule has 0 aliphatic heterocycles. The number of carbonyl (C=O) groups excluding carboxylic acids is 1. The molecule has 35 heavy (non-hydrogen) atoms. The summed E-state index contributed by atoms with van der Waals surface area (Å²) in [5, 5.41) is -0.754. The van der Waals surface area contributed by atoms with E-state index >= 15 is 0 Å². The van der Waals surface area contributed by atoms with E-state index in [0.29, 0.717) is 17.9 Å². The topological polar surface area (TPSA) is 69.7 Å². The molecule has 0 N–H and O–H groups in total. The minimum Gasteiger partial charge on any atom is -0.496 e. The van der Waals surface area contributed by atoms with Crippen molar-refractivity contribution in [3.63, 3.8) is 0 Å². The molecule has 6 heteroatoms. The molecule has 1 unspecified atom stereocenters. The van der Waals surface area contributed by atoms with E-state index in [9.17, 15) is 13.2 Å². The second-order valence-electron chi connectivity index (χ2n) is 8.62. The molecule has 0 heterocycles. The van der Waals surface area contributed by atoms with Crippen LogP contribution >= 0.6 is 0 Å². The van der Waals surface area contributed by atoms with Crippen molar-refractivity contribution in [2.24, 2.45) is 0 Å². The molecule has 2 aromatic carbocycles. The van der Waals surface area contributed by atoms with Crippen LogP contribution in [0.15, 0.2) is 76.7 Å². The number of allylic oxidation sites excluding steroid dienone is 5. The fraction of sp³-hybridized carbons (Fsp3) is 0.345. The van der Waals surface area contributed by atoms with Crippen LogP contribution in [-0.2, 0) is 19.4 Å². The Kier molecular flexibility index (Phi) is 10.1. The highest BCUT2D eigenvalue weighted by Gasteiger charge is 2.32. The predicted octanol–water partition coefficient (Wildman–Crippen LogP) is 6.54. The minimum absolute atomic E-state index is 0.300. The number of carbonyl (C=O) groups is 1. The number of aryl methyl sites for hydroxylation is 1. The normalized spacial score (nSPS) is 13.7. The number of benzene rings is 2. The average Bonchev–Trinajstić information content (AvgIpc) is 2.81. The molecule has 0 fully saturated rings. The second kappa shape index (κ2) is 12.5. The molecule has 0 saturated carbocycles. The summed E-state index contributed by atoms with van der Waals surface area (Å²) in [5.74, 6) is 0.365. The first-order valence-electron chi connectivity index (χ1n) is 11.6. The van der Waals surface area contributed by atoms with Gasteiger partial charge in [-0.1, -0.05) is 42.0 Å². The van der Waals surface area contributed by atoms with Crippen molar-refractivity contribution in [1.29, 1.82) is 0 Å². The lowest BCUT2D eigenvalue weighted by molar-refractivity contribution is -0.137. The second-order valence-corrected chi connectivity index (χ2v) is 10.8. The summed E-state index contributed by atoms with van der Waals surface area (Å²) in [7, 11) is -2.05. The molecule has 5 nitrogen and oxygen atoms in total. The number of rotatable bonds is 10. The summed E-state index contributed by atoms with van der Waals surface area (Å²) in [4.78, 5) is 11.9. The third kappa shape index (κ3) is 7.18. The average molecular weight is 497 g/mol. The molecule has 0 amide bonds. The zero-order valence-electron chi connectivity index (χ0n) is 21.7. The standard InChI is InChI=1S/C29H36O5S/c1-8-34-28(30)18-21(3)14-12-13-20(2)17-27(35(31,32)25-15-10-9-11-16-25)29-22(4)19-26(33-7)23(5)24(29)6/h9-16,18-19,27H,8,17H2,1-7H3. The third-order valence-electron chi connectivity index (χ3n) is 5.98. The maximum atomic E-state index is 13.9. The summed E-state index contributed by atoms with van der Waals surface area (Å²) < 4.78 is 38.2. The molecule has 2 rings (SSSR count). The SMILES string of the molecule is CCOC(=O)C=C(C)C=CC=C(C)CC(c1c(C)cc(OC)c(C)c1C)S(=O)(=O)c1ccccc1. The maximum absolute atomic E-state index is 13.9. The lowest BCUT2D eigenvalue weighted by Crippen LogP contribution is -2.17. The van der Waals surface area contributed by atoms with Gasteiger partial charge in [0.1, 0.15) is 5.75 Å². The highest BCUT2D eigenvalue weighted by atomic mass is 32.2. The third-order valence-corrected chi connectivity index (χ3v) is 8.06. The van der Waals surface area contributed by atoms with Gasteiger partial charge in [-0.2, -0.15) is 0 Å². The van der Waals surface area contributed by atoms with Gasteiger partial charge in [0.05, 0.1) is 23.9 Å². The van der Waals surface area contributed by atoms with Crippen LogP contribution in [-0.4, -0.2) is 28.1 Å². The van der Waals surface area contributed by atoms with Crippen molar-refractivity contribution in [2.45, 2.75) is 58.1 Å². The Hall–Kier alpha value is -3.12. The monoisotopic (exact) mass is 496 g/mol. The highest BCUT2D eigenvalue weighted by Crippen LogP contribution is 2.40. The van der Waals surface area contributed by atoms with Crippen LogP contribution in [0.5, 0.6) is 5.75 Å². The number of esters is 1. The number of methoxy groups -OCH3 is 1. The van der Waals surface area contributed by atoms with Crippen LogP contribution in [0.25, 0.3) is 0 Å². The van der Waals surface area contributed by atoms with E-state index in [1.165, 1.54) is 6.08 Å². The van der Waals surface area contributed by atoms with E-state index in [1.54, 1.807) is 44.4 Å². The van der Waals surface area contributed by atoms with E-state index in [0.717, 1.165) is 39.1 Å². The van der Waals surface area contributed by atoms with Crippen molar-refractivity contribution in [3.8, 4) is 5.75 Å². The molecule has 0 saturated heterocycles. The molecule has 1 atom stereocenters. The Bertz CT molecular complexity index is 1240. The number of hydrogen-bond donors (Lipinski definition) is 0. The van der Waals surface area contributed by atoms with Crippen LogP contribution in [0, 0.1) is 20.8 Å². The van der Waals surface area contributed by atoms with Crippen LogP contribution in [0.3, 0.4) is 0 Å². The zero-order valence-corrected chi connectivity index (χ0v) is 22.5. The van der Waals surface area contributed by atoms with Crippen molar-refractivity contribution in [2.75, 3.05) is 13.7 Å².